The molecule has 2 nitrogen and oxygen atoms in total. The lowest BCUT2D eigenvalue weighted by atomic mass is 9.84. The minimum absolute atomic E-state index is 0.292. The van der Waals surface area contributed by atoms with Gasteiger partial charge < -0.3 is 10.4 Å². The first-order chi connectivity index (χ1) is 9.19. The minimum Gasteiger partial charge on any atom is -0.387 e. The smallest absolute Gasteiger partial charge is 0.123 e. The zero-order valence-corrected chi connectivity index (χ0v) is 11.6. The Labute approximate surface area is 115 Å². The number of hydrogen-bond acceptors (Lipinski definition) is 2. The van der Waals surface area contributed by atoms with E-state index in [0.717, 1.165) is 5.92 Å². The van der Waals surface area contributed by atoms with Crippen molar-refractivity contribution in [2.45, 2.75) is 51.2 Å². The van der Waals surface area contributed by atoms with Crippen LogP contribution in [0, 0.1) is 11.7 Å². The number of nitrogens with one attached hydrogen (secondary N) is 1. The number of rotatable bonds is 5. The summed E-state index contributed by atoms with van der Waals surface area (Å²) >= 11 is 0. The monoisotopic (exact) mass is 265 g/mol. The average molecular weight is 265 g/mol. The summed E-state index contributed by atoms with van der Waals surface area (Å²) in [4.78, 5) is 0. The van der Waals surface area contributed by atoms with Gasteiger partial charge in [0.25, 0.3) is 0 Å². The van der Waals surface area contributed by atoms with Gasteiger partial charge in [0.2, 0.25) is 0 Å². The molecule has 1 atom stereocenters. The normalized spacial score (nSPS) is 25.2. The van der Waals surface area contributed by atoms with Gasteiger partial charge in [-0.25, -0.2) is 4.39 Å². The quantitative estimate of drug-likeness (QED) is 0.855. The fourth-order valence-electron chi connectivity index (χ4n) is 2.88. The Balaban J connectivity index is 1.76. The van der Waals surface area contributed by atoms with Gasteiger partial charge >= 0.3 is 0 Å². The third-order valence-corrected chi connectivity index (χ3v) is 4.26. The first-order valence-electron chi connectivity index (χ1n) is 7.36. The third-order valence-electron chi connectivity index (χ3n) is 4.26. The van der Waals surface area contributed by atoms with Crippen molar-refractivity contribution in [3.8, 4) is 0 Å². The molecule has 0 spiro atoms. The Kier molecular flexibility index (Phi) is 5.34. The molecule has 0 bridgehead atoms. The van der Waals surface area contributed by atoms with Crippen LogP contribution in [0.25, 0.3) is 0 Å². The standard InChI is InChI=1S/C16H24FNO/c1-2-12-6-8-15(9-7-12)18-11-16(19)13-4-3-5-14(17)10-13/h3-5,10,12,15-16,18-19H,2,6-9,11H2,1H3. The highest BCUT2D eigenvalue weighted by molar-refractivity contribution is 5.18. The lowest BCUT2D eigenvalue weighted by Gasteiger charge is -2.29. The first kappa shape index (κ1) is 14.5. The summed E-state index contributed by atoms with van der Waals surface area (Å²) < 4.78 is 13.1. The van der Waals surface area contributed by atoms with Crippen LogP contribution in [0.2, 0.25) is 0 Å². The van der Waals surface area contributed by atoms with Gasteiger partial charge in [-0.2, -0.15) is 0 Å². The Morgan fingerprint density at radius 3 is 2.68 bits per heavy atom. The van der Waals surface area contributed by atoms with E-state index in [2.05, 4.69) is 12.2 Å². The summed E-state index contributed by atoms with van der Waals surface area (Å²) in [6, 6.07) is 6.71. The van der Waals surface area contributed by atoms with E-state index in [0.29, 0.717) is 18.2 Å². The van der Waals surface area contributed by atoms with Crippen LogP contribution >= 0.6 is 0 Å². The Morgan fingerprint density at radius 2 is 2.05 bits per heavy atom. The lowest BCUT2D eigenvalue weighted by molar-refractivity contribution is 0.161. The van der Waals surface area contributed by atoms with E-state index >= 15 is 0 Å². The summed E-state index contributed by atoms with van der Waals surface area (Å²) in [5.41, 5.74) is 0.648. The second kappa shape index (κ2) is 7.01. The summed E-state index contributed by atoms with van der Waals surface area (Å²) in [6.07, 6.45) is 5.59. The second-order valence-corrected chi connectivity index (χ2v) is 5.60. The molecule has 1 aliphatic rings. The van der Waals surface area contributed by atoms with Gasteiger partial charge in [-0.15, -0.1) is 0 Å². The van der Waals surface area contributed by atoms with Gasteiger partial charge in [-0.3, -0.25) is 0 Å². The summed E-state index contributed by atoms with van der Waals surface area (Å²) in [5, 5.41) is 13.5. The van der Waals surface area contributed by atoms with Crippen LogP contribution in [-0.4, -0.2) is 17.7 Å². The van der Waals surface area contributed by atoms with Crippen molar-refractivity contribution in [2.24, 2.45) is 5.92 Å². The van der Waals surface area contributed by atoms with Crippen LogP contribution < -0.4 is 5.32 Å². The molecular weight excluding hydrogens is 241 g/mol. The molecule has 0 heterocycles. The fraction of sp³-hybridized carbons (Fsp3) is 0.625. The van der Waals surface area contributed by atoms with E-state index in [9.17, 15) is 9.50 Å². The predicted octanol–water partition coefficient (Wildman–Crippen LogP) is 3.42. The summed E-state index contributed by atoms with van der Waals surface area (Å²) in [7, 11) is 0. The maximum Gasteiger partial charge on any atom is 0.123 e. The van der Waals surface area contributed by atoms with Crippen molar-refractivity contribution >= 4 is 0 Å². The van der Waals surface area contributed by atoms with Gasteiger partial charge in [0, 0.05) is 12.6 Å². The molecule has 1 unspecified atom stereocenters. The molecule has 1 fully saturated rings. The van der Waals surface area contributed by atoms with E-state index in [-0.39, 0.29) is 5.82 Å². The Morgan fingerprint density at radius 1 is 1.32 bits per heavy atom. The second-order valence-electron chi connectivity index (χ2n) is 5.60. The highest BCUT2D eigenvalue weighted by Crippen LogP contribution is 2.26. The zero-order valence-electron chi connectivity index (χ0n) is 11.6. The van der Waals surface area contributed by atoms with Crippen molar-refractivity contribution in [1.29, 1.82) is 0 Å². The molecule has 0 amide bonds. The molecule has 0 radical (unpaired) electrons. The van der Waals surface area contributed by atoms with E-state index in [1.807, 2.05) is 0 Å². The molecule has 1 saturated carbocycles. The van der Waals surface area contributed by atoms with Crippen molar-refractivity contribution in [2.75, 3.05) is 6.54 Å². The van der Waals surface area contributed by atoms with E-state index in [1.54, 1.807) is 12.1 Å². The Bertz CT molecular complexity index is 388. The maximum atomic E-state index is 13.1. The number of halogens is 1. The van der Waals surface area contributed by atoms with Gasteiger partial charge in [-0.1, -0.05) is 25.5 Å². The van der Waals surface area contributed by atoms with Gasteiger partial charge in [0.1, 0.15) is 5.82 Å². The molecule has 0 saturated heterocycles. The molecule has 106 valence electrons. The van der Waals surface area contributed by atoms with Crippen LogP contribution in [0.15, 0.2) is 24.3 Å². The molecular formula is C16H24FNO. The van der Waals surface area contributed by atoms with Crippen molar-refractivity contribution in [1.82, 2.24) is 5.32 Å². The molecule has 2 N–H and O–H groups in total. The van der Waals surface area contributed by atoms with Crippen LogP contribution in [-0.2, 0) is 0 Å². The summed E-state index contributed by atoms with van der Waals surface area (Å²) in [6.45, 7) is 2.76. The number of hydrogen-bond donors (Lipinski definition) is 2. The maximum absolute atomic E-state index is 13.1. The first-order valence-corrected chi connectivity index (χ1v) is 7.36. The van der Waals surface area contributed by atoms with Crippen LogP contribution in [0.1, 0.15) is 50.7 Å². The largest absolute Gasteiger partial charge is 0.387 e. The number of aliphatic hydroxyl groups excluding tert-OH is 1. The van der Waals surface area contributed by atoms with Crippen LogP contribution in [0.3, 0.4) is 0 Å². The molecule has 0 aromatic heterocycles. The molecule has 19 heavy (non-hydrogen) atoms. The third kappa shape index (κ3) is 4.29. The molecule has 2 rings (SSSR count). The van der Waals surface area contributed by atoms with Gasteiger partial charge in [0.05, 0.1) is 6.10 Å². The van der Waals surface area contributed by atoms with E-state index in [1.165, 1.54) is 44.2 Å². The SMILES string of the molecule is CCC1CCC(NCC(O)c2cccc(F)c2)CC1. The van der Waals surface area contributed by atoms with Gasteiger partial charge in [-0.05, 0) is 49.3 Å². The van der Waals surface area contributed by atoms with Crippen molar-refractivity contribution in [3.05, 3.63) is 35.6 Å². The van der Waals surface area contributed by atoms with Crippen molar-refractivity contribution < 1.29 is 9.50 Å². The van der Waals surface area contributed by atoms with E-state index in [4.69, 9.17) is 0 Å². The minimum atomic E-state index is -0.625. The Hall–Kier alpha value is -0.930. The molecule has 3 heteroatoms. The van der Waals surface area contributed by atoms with E-state index < -0.39 is 6.10 Å². The van der Waals surface area contributed by atoms with Crippen LogP contribution in [0.5, 0.6) is 0 Å². The van der Waals surface area contributed by atoms with Crippen molar-refractivity contribution in [3.63, 3.8) is 0 Å². The molecule has 0 aliphatic heterocycles. The average Bonchev–Trinajstić information content (AvgIpc) is 2.45. The molecule has 1 aromatic rings. The molecule has 1 aromatic carbocycles. The topological polar surface area (TPSA) is 32.3 Å². The zero-order chi connectivity index (χ0) is 13.7. The predicted molar refractivity (Wildman–Crippen MR) is 75.4 cm³/mol. The molecule has 1 aliphatic carbocycles. The van der Waals surface area contributed by atoms with Crippen LogP contribution in [0.4, 0.5) is 4.39 Å². The van der Waals surface area contributed by atoms with Gasteiger partial charge in [0.15, 0.2) is 0 Å². The number of benzene rings is 1. The fourth-order valence-corrected chi connectivity index (χ4v) is 2.88. The summed E-state index contributed by atoms with van der Waals surface area (Å²) in [5.74, 6) is 0.589. The highest BCUT2D eigenvalue weighted by atomic mass is 19.1. The number of aliphatic hydroxyl groups is 1. The highest BCUT2D eigenvalue weighted by Gasteiger charge is 2.20. The lowest BCUT2D eigenvalue weighted by Crippen LogP contribution is -2.35.